The number of rotatable bonds is 5. The van der Waals surface area contributed by atoms with E-state index in [1.165, 1.54) is 11.7 Å². The molecule has 0 aliphatic heterocycles. The number of benzene rings is 3. The van der Waals surface area contributed by atoms with Crippen molar-refractivity contribution in [2.75, 3.05) is 12.4 Å². The predicted molar refractivity (Wildman–Crippen MR) is 156 cm³/mol. The molecule has 0 radical (unpaired) electrons. The first-order valence-corrected chi connectivity index (χ1v) is 12.9. The number of halogens is 1. The van der Waals surface area contributed by atoms with Gasteiger partial charge in [-0.3, -0.25) is 9.59 Å². The lowest BCUT2D eigenvalue weighted by Gasteiger charge is -2.17. The predicted octanol–water partition coefficient (Wildman–Crippen LogP) is 6.38. The molecular weight excluding hydrogens is 558 g/mol. The van der Waals surface area contributed by atoms with Crippen molar-refractivity contribution in [2.45, 2.75) is 6.92 Å². The van der Waals surface area contributed by atoms with Crippen molar-refractivity contribution in [2.24, 2.45) is 7.05 Å². The van der Waals surface area contributed by atoms with E-state index >= 15 is 0 Å². The molecule has 0 saturated carbocycles. The Morgan fingerprint density at radius 1 is 0.949 bits per heavy atom. The van der Waals surface area contributed by atoms with Gasteiger partial charge in [0.25, 0.3) is 11.5 Å². The number of ether oxygens (including phenoxy) is 1. The molecule has 1 amide bonds. The van der Waals surface area contributed by atoms with Crippen LogP contribution in [0.5, 0.6) is 0 Å². The summed E-state index contributed by atoms with van der Waals surface area (Å²) in [5.41, 5.74) is 4.57. The van der Waals surface area contributed by atoms with E-state index in [0.717, 1.165) is 10.0 Å². The van der Waals surface area contributed by atoms with Gasteiger partial charge in [-0.25, -0.2) is 9.78 Å². The number of nitrogens with one attached hydrogen (secondary N) is 1. The number of aromatic nitrogens is 2. The fourth-order valence-electron chi connectivity index (χ4n) is 4.61. The lowest BCUT2D eigenvalue weighted by molar-refractivity contribution is 0.0600. The molecule has 0 saturated heterocycles. The minimum absolute atomic E-state index is 0.261. The van der Waals surface area contributed by atoms with Gasteiger partial charge in [-0.15, -0.1) is 0 Å². The summed E-state index contributed by atoms with van der Waals surface area (Å²) >= 11 is 3.52. The van der Waals surface area contributed by atoms with Crippen molar-refractivity contribution in [1.82, 2.24) is 9.55 Å². The van der Waals surface area contributed by atoms with E-state index in [-0.39, 0.29) is 17.0 Å². The van der Waals surface area contributed by atoms with Gasteiger partial charge in [0.15, 0.2) is 0 Å². The number of carbonyl (C=O) groups is 2. The lowest BCUT2D eigenvalue weighted by atomic mass is 9.96. The van der Waals surface area contributed by atoms with Crippen LogP contribution in [0.25, 0.3) is 33.3 Å². The molecule has 0 bridgehead atoms. The minimum Gasteiger partial charge on any atom is -0.465 e. The van der Waals surface area contributed by atoms with Gasteiger partial charge in [-0.05, 0) is 61.0 Å². The van der Waals surface area contributed by atoms with Crippen LogP contribution in [0.2, 0.25) is 0 Å². The van der Waals surface area contributed by atoms with Crippen LogP contribution in [-0.2, 0) is 11.8 Å². The minimum atomic E-state index is -0.546. The molecule has 1 N–H and O–H groups in total. The third-order valence-corrected chi connectivity index (χ3v) is 7.06. The summed E-state index contributed by atoms with van der Waals surface area (Å²) in [4.78, 5) is 44.2. The Bertz CT molecular complexity index is 1810. The Hall–Kier alpha value is -4.56. The molecule has 0 unspecified atom stereocenters. The van der Waals surface area contributed by atoms with Crippen molar-refractivity contribution < 1.29 is 14.3 Å². The molecule has 0 aliphatic carbocycles. The molecule has 8 heteroatoms. The molecule has 39 heavy (non-hydrogen) atoms. The molecule has 194 valence electrons. The number of aryl methyl sites for hydroxylation is 1. The van der Waals surface area contributed by atoms with Crippen molar-refractivity contribution in [3.05, 3.63) is 117 Å². The topological polar surface area (TPSA) is 90.3 Å². The van der Waals surface area contributed by atoms with Gasteiger partial charge in [0.2, 0.25) is 0 Å². The average molecular weight is 582 g/mol. The molecule has 5 rings (SSSR count). The zero-order valence-corrected chi connectivity index (χ0v) is 23.1. The lowest BCUT2D eigenvalue weighted by Crippen LogP contribution is -2.20. The van der Waals surface area contributed by atoms with Crippen molar-refractivity contribution in [1.29, 1.82) is 0 Å². The molecule has 2 aromatic heterocycles. The van der Waals surface area contributed by atoms with E-state index in [4.69, 9.17) is 9.72 Å². The smallest absolute Gasteiger partial charge is 0.337 e. The van der Waals surface area contributed by atoms with Crippen LogP contribution in [0.3, 0.4) is 0 Å². The van der Waals surface area contributed by atoms with Crippen LogP contribution in [0, 0.1) is 6.92 Å². The van der Waals surface area contributed by atoms with Gasteiger partial charge in [0, 0.05) is 45.5 Å². The van der Waals surface area contributed by atoms with Crippen molar-refractivity contribution >= 4 is 44.4 Å². The Morgan fingerprint density at radius 3 is 2.46 bits per heavy atom. The van der Waals surface area contributed by atoms with Crippen LogP contribution in [0.1, 0.15) is 26.3 Å². The number of nitrogens with zero attached hydrogens (tertiary/aromatic N) is 2. The number of amides is 1. The molecule has 3 aromatic carbocycles. The largest absolute Gasteiger partial charge is 0.465 e. The zero-order valence-electron chi connectivity index (χ0n) is 21.5. The van der Waals surface area contributed by atoms with Crippen molar-refractivity contribution in [3.63, 3.8) is 0 Å². The van der Waals surface area contributed by atoms with Crippen LogP contribution >= 0.6 is 15.9 Å². The fourth-order valence-corrected chi connectivity index (χ4v) is 4.97. The fraction of sp³-hybridized carbons (Fsp3) is 0.0968. The molecule has 0 spiro atoms. The summed E-state index contributed by atoms with van der Waals surface area (Å²) in [5, 5.41) is 3.69. The Kier molecular flexibility index (Phi) is 7.13. The summed E-state index contributed by atoms with van der Waals surface area (Å²) < 4.78 is 7.13. The number of fused-ring (bicyclic) bond motifs is 1. The highest BCUT2D eigenvalue weighted by molar-refractivity contribution is 9.10. The summed E-state index contributed by atoms with van der Waals surface area (Å²) in [6, 6.07) is 23.4. The van der Waals surface area contributed by atoms with Crippen LogP contribution in [0.15, 0.2) is 94.3 Å². The standard InChI is InChI=1S/C31H24BrN3O4/c1-18-27(24-17-21(32)12-14-26(24)33-28(18)19-8-5-4-6-9-19)29(36)34-25-13-11-20(31(38)39-3)16-23(25)22-10-7-15-35(2)30(22)37/h4-17H,1-3H3,(H,34,36). The number of pyridine rings is 2. The zero-order chi connectivity index (χ0) is 27.7. The SMILES string of the molecule is COC(=O)c1ccc(NC(=O)c2c(C)c(-c3ccccc3)nc3ccc(Br)cc23)c(-c2cccn(C)c2=O)c1. The van der Waals surface area contributed by atoms with E-state index in [0.29, 0.717) is 44.5 Å². The number of methoxy groups -OCH3 is 1. The van der Waals surface area contributed by atoms with Gasteiger partial charge in [-0.1, -0.05) is 46.3 Å². The quantitative estimate of drug-likeness (QED) is 0.243. The second-order valence-corrected chi connectivity index (χ2v) is 9.95. The molecular formula is C31H24BrN3O4. The summed E-state index contributed by atoms with van der Waals surface area (Å²) in [6.45, 7) is 1.87. The third-order valence-electron chi connectivity index (χ3n) is 6.57. The maximum atomic E-state index is 14.0. The van der Waals surface area contributed by atoms with Gasteiger partial charge in [0.1, 0.15) is 0 Å². The van der Waals surface area contributed by atoms with Gasteiger partial charge in [-0.2, -0.15) is 0 Å². The third kappa shape index (κ3) is 4.98. The molecule has 0 aliphatic rings. The average Bonchev–Trinajstić information content (AvgIpc) is 2.94. The van der Waals surface area contributed by atoms with E-state index in [9.17, 15) is 14.4 Å². The highest BCUT2D eigenvalue weighted by Gasteiger charge is 2.22. The second kappa shape index (κ2) is 10.7. The number of hydrogen-bond acceptors (Lipinski definition) is 5. The first-order valence-electron chi connectivity index (χ1n) is 12.1. The van der Waals surface area contributed by atoms with Crippen LogP contribution in [-0.4, -0.2) is 28.5 Å². The van der Waals surface area contributed by atoms with E-state index in [2.05, 4.69) is 21.2 Å². The number of carbonyl (C=O) groups excluding carboxylic acids is 2. The Morgan fingerprint density at radius 2 is 1.72 bits per heavy atom. The first kappa shape index (κ1) is 26.1. The molecule has 0 fully saturated rings. The summed E-state index contributed by atoms with van der Waals surface area (Å²) in [5.74, 6) is -0.912. The molecule has 0 atom stereocenters. The number of anilines is 1. The summed E-state index contributed by atoms with van der Waals surface area (Å²) in [6.07, 6.45) is 1.64. The maximum Gasteiger partial charge on any atom is 0.337 e. The Labute approximate surface area is 233 Å². The first-order chi connectivity index (χ1) is 18.8. The molecule has 7 nitrogen and oxygen atoms in total. The molecule has 2 heterocycles. The maximum absolute atomic E-state index is 14.0. The number of esters is 1. The molecule has 5 aromatic rings. The van der Waals surface area contributed by atoms with Gasteiger partial charge < -0.3 is 14.6 Å². The van der Waals surface area contributed by atoms with Gasteiger partial charge in [0.05, 0.1) is 29.4 Å². The second-order valence-electron chi connectivity index (χ2n) is 9.03. The highest BCUT2D eigenvalue weighted by Crippen LogP contribution is 2.33. The summed E-state index contributed by atoms with van der Waals surface area (Å²) in [7, 11) is 2.93. The Balaban J connectivity index is 1.69. The van der Waals surface area contributed by atoms with Crippen molar-refractivity contribution in [3.8, 4) is 22.4 Å². The van der Waals surface area contributed by atoms with Crippen LogP contribution < -0.4 is 10.9 Å². The van der Waals surface area contributed by atoms with E-state index in [1.54, 1.807) is 43.6 Å². The normalized spacial score (nSPS) is 10.9. The van der Waals surface area contributed by atoms with E-state index in [1.807, 2.05) is 55.5 Å². The van der Waals surface area contributed by atoms with Gasteiger partial charge >= 0.3 is 5.97 Å². The van der Waals surface area contributed by atoms with Crippen LogP contribution in [0.4, 0.5) is 5.69 Å². The van der Waals surface area contributed by atoms with E-state index < -0.39 is 5.97 Å². The number of hydrogen-bond donors (Lipinski definition) is 1. The highest BCUT2D eigenvalue weighted by atomic mass is 79.9. The monoisotopic (exact) mass is 581 g/mol.